The average Bonchev–Trinajstić information content (AvgIpc) is 2.03. The predicted octanol–water partition coefficient (Wildman–Crippen LogP) is -2.96. The molecule has 14 heavy (non-hydrogen) atoms. The van der Waals surface area contributed by atoms with Crippen LogP contribution < -0.4 is 38.5 Å². The van der Waals surface area contributed by atoms with Crippen molar-refractivity contribution >= 4 is 11.6 Å². The lowest BCUT2D eigenvalue weighted by Crippen LogP contribution is -3.00. The molecule has 0 amide bonds. The maximum Gasteiger partial charge on any atom is 0.296 e. The Kier molecular flexibility index (Phi) is 5.11. The van der Waals surface area contributed by atoms with E-state index in [4.69, 9.17) is 0 Å². The van der Waals surface area contributed by atoms with E-state index in [2.05, 4.69) is 11.2 Å². The summed E-state index contributed by atoms with van der Waals surface area (Å²) in [4.78, 5) is 4.02. The molecule has 0 fully saturated rings. The lowest BCUT2D eigenvalue weighted by Gasteiger charge is -2.12. The van der Waals surface area contributed by atoms with Gasteiger partial charge in [0.05, 0.1) is 14.1 Å². The van der Waals surface area contributed by atoms with Gasteiger partial charge in [0.1, 0.15) is 7.05 Å². The third kappa shape index (κ3) is 2.97. The molecule has 1 heterocycles. The first-order valence-electron chi connectivity index (χ1n) is 4.24. The maximum atomic E-state index is 4.39. The molecule has 0 aromatic carbocycles. The lowest BCUT2D eigenvalue weighted by atomic mass is 10.4. The van der Waals surface area contributed by atoms with E-state index in [1.807, 2.05) is 55.8 Å². The monoisotopic (exact) mass is 308 g/mol. The molecule has 0 aliphatic rings. The molecular weight excluding hydrogens is 291 g/mol. The third-order valence-electron chi connectivity index (χ3n) is 1.88. The smallest absolute Gasteiger partial charge is 0.296 e. The molecule has 0 saturated carbocycles. The summed E-state index contributed by atoms with van der Waals surface area (Å²) in [7, 11) is 9.93. The van der Waals surface area contributed by atoms with Gasteiger partial charge >= 0.3 is 0 Å². The van der Waals surface area contributed by atoms with Crippen LogP contribution in [0, 0.1) is 0 Å². The SMILES string of the molecule is CN(C)c1ccc(N(C)C)[n+](C)n1.[I-]. The van der Waals surface area contributed by atoms with Gasteiger partial charge in [-0.15, -0.1) is 4.68 Å². The molecule has 0 aliphatic heterocycles. The Hall–Kier alpha value is -0.590. The first-order valence-corrected chi connectivity index (χ1v) is 4.24. The Labute approximate surface area is 103 Å². The molecule has 4 nitrogen and oxygen atoms in total. The summed E-state index contributed by atoms with van der Waals surface area (Å²) in [5, 5.41) is 4.39. The summed E-state index contributed by atoms with van der Waals surface area (Å²) < 4.78 is 1.87. The molecule has 0 N–H and O–H groups in total. The second-order valence-corrected chi connectivity index (χ2v) is 3.46. The molecule has 0 spiro atoms. The number of aryl methyl sites for hydroxylation is 1. The number of hydrogen-bond acceptors (Lipinski definition) is 3. The van der Waals surface area contributed by atoms with E-state index >= 15 is 0 Å². The van der Waals surface area contributed by atoms with Gasteiger partial charge in [0.15, 0.2) is 5.82 Å². The van der Waals surface area contributed by atoms with E-state index < -0.39 is 0 Å². The van der Waals surface area contributed by atoms with Gasteiger partial charge in [0.2, 0.25) is 0 Å². The highest BCUT2D eigenvalue weighted by molar-refractivity contribution is 5.39. The summed E-state index contributed by atoms with van der Waals surface area (Å²) in [6.07, 6.45) is 0. The van der Waals surface area contributed by atoms with Gasteiger partial charge in [0.25, 0.3) is 5.82 Å². The van der Waals surface area contributed by atoms with Crippen LogP contribution in [-0.4, -0.2) is 33.3 Å². The van der Waals surface area contributed by atoms with Crippen LogP contribution in [0.15, 0.2) is 12.1 Å². The van der Waals surface area contributed by atoms with Gasteiger partial charge in [-0.3, -0.25) is 4.90 Å². The predicted molar refractivity (Wildman–Crippen MR) is 54.1 cm³/mol. The molecule has 0 aliphatic carbocycles. The Morgan fingerprint density at radius 1 is 1.07 bits per heavy atom. The van der Waals surface area contributed by atoms with Crippen molar-refractivity contribution < 1.29 is 28.7 Å². The van der Waals surface area contributed by atoms with Gasteiger partial charge in [0, 0.05) is 20.2 Å². The zero-order chi connectivity index (χ0) is 10.0. The molecular formula is C9H17IN4. The van der Waals surface area contributed by atoms with Crippen LogP contribution in [0.25, 0.3) is 0 Å². The number of halogens is 1. The van der Waals surface area contributed by atoms with E-state index in [-0.39, 0.29) is 24.0 Å². The first kappa shape index (κ1) is 13.4. The zero-order valence-corrected chi connectivity index (χ0v) is 11.5. The fraction of sp³-hybridized carbons (Fsp3) is 0.556. The molecule has 0 saturated heterocycles. The van der Waals surface area contributed by atoms with Crippen molar-refractivity contribution in [2.75, 3.05) is 38.0 Å². The number of nitrogens with zero attached hydrogens (tertiary/aromatic N) is 4. The summed E-state index contributed by atoms with van der Waals surface area (Å²) in [6.45, 7) is 0. The Bertz CT molecular complexity index is 299. The van der Waals surface area contributed by atoms with Crippen molar-refractivity contribution in [3.8, 4) is 0 Å². The fourth-order valence-electron chi connectivity index (χ4n) is 1.17. The topological polar surface area (TPSA) is 23.2 Å². The molecule has 0 unspecified atom stereocenters. The van der Waals surface area contributed by atoms with Crippen LogP contribution in [0.4, 0.5) is 11.6 Å². The fourth-order valence-corrected chi connectivity index (χ4v) is 1.17. The molecule has 0 bridgehead atoms. The standard InChI is InChI=1S/C9H17N4.HI/c1-11(2)8-6-7-9(12(3)4)13(5)10-8;/h6-7H,1-5H3;1H/q+1;/p-1. The van der Waals surface area contributed by atoms with E-state index in [9.17, 15) is 0 Å². The van der Waals surface area contributed by atoms with E-state index in [1.165, 1.54) is 0 Å². The minimum absolute atomic E-state index is 0. The van der Waals surface area contributed by atoms with Gasteiger partial charge in [-0.05, 0) is 6.07 Å². The van der Waals surface area contributed by atoms with Crippen molar-refractivity contribution in [2.45, 2.75) is 0 Å². The van der Waals surface area contributed by atoms with Crippen molar-refractivity contribution in [2.24, 2.45) is 7.05 Å². The minimum Gasteiger partial charge on any atom is -1.00 e. The molecule has 1 aromatic rings. The Morgan fingerprint density at radius 2 is 1.64 bits per heavy atom. The third-order valence-corrected chi connectivity index (χ3v) is 1.88. The van der Waals surface area contributed by atoms with Crippen LogP contribution in [-0.2, 0) is 7.05 Å². The van der Waals surface area contributed by atoms with Gasteiger partial charge < -0.3 is 28.9 Å². The largest absolute Gasteiger partial charge is 1.00 e. The van der Waals surface area contributed by atoms with Crippen LogP contribution in [0.5, 0.6) is 0 Å². The van der Waals surface area contributed by atoms with Crippen molar-refractivity contribution in [3.63, 3.8) is 0 Å². The zero-order valence-electron chi connectivity index (χ0n) is 9.32. The summed E-state index contributed by atoms with van der Waals surface area (Å²) in [6, 6.07) is 4.07. The average molecular weight is 308 g/mol. The van der Waals surface area contributed by atoms with Gasteiger partial charge in [-0.1, -0.05) is 5.10 Å². The quantitative estimate of drug-likeness (QED) is 0.431. The van der Waals surface area contributed by atoms with Crippen LogP contribution in [0.2, 0.25) is 0 Å². The van der Waals surface area contributed by atoms with E-state index in [0.717, 1.165) is 11.6 Å². The Morgan fingerprint density at radius 3 is 2.00 bits per heavy atom. The summed E-state index contributed by atoms with van der Waals surface area (Å²) in [5.41, 5.74) is 0. The van der Waals surface area contributed by atoms with Crippen molar-refractivity contribution in [1.82, 2.24) is 5.10 Å². The molecule has 5 heteroatoms. The molecule has 80 valence electrons. The molecule has 1 rings (SSSR count). The van der Waals surface area contributed by atoms with Crippen molar-refractivity contribution in [3.05, 3.63) is 12.1 Å². The van der Waals surface area contributed by atoms with E-state index in [1.54, 1.807) is 0 Å². The summed E-state index contributed by atoms with van der Waals surface area (Å²) >= 11 is 0. The normalized spacial score (nSPS) is 9.21. The molecule has 1 aromatic heterocycles. The van der Waals surface area contributed by atoms with Gasteiger partial charge in [-0.25, -0.2) is 0 Å². The first-order chi connectivity index (χ1) is 6.02. The highest BCUT2D eigenvalue weighted by Crippen LogP contribution is 2.08. The Balaban J connectivity index is 0.00000169. The summed E-state index contributed by atoms with van der Waals surface area (Å²) in [5.74, 6) is 2.05. The van der Waals surface area contributed by atoms with Crippen molar-refractivity contribution in [1.29, 1.82) is 0 Å². The second-order valence-electron chi connectivity index (χ2n) is 3.46. The van der Waals surface area contributed by atoms with Crippen LogP contribution >= 0.6 is 0 Å². The number of rotatable bonds is 2. The highest BCUT2D eigenvalue weighted by atomic mass is 127. The molecule has 0 atom stereocenters. The van der Waals surface area contributed by atoms with E-state index in [0.29, 0.717) is 0 Å². The van der Waals surface area contributed by atoms with Gasteiger partial charge in [-0.2, -0.15) is 0 Å². The second kappa shape index (κ2) is 5.33. The number of hydrogen-bond donors (Lipinski definition) is 0. The van der Waals surface area contributed by atoms with Crippen LogP contribution in [0.3, 0.4) is 0 Å². The molecule has 0 radical (unpaired) electrons. The van der Waals surface area contributed by atoms with Crippen LogP contribution in [0.1, 0.15) is 0 Å². The highest BCUT2D eigenvalue weighted by Gasteiger charge is 2.10. The number of anilines is 2. The minimum atomic E-state index is 0. The maximum absolute atomic E-state index is 4.39. The lowest BCUT2D eigenvalue weighted by molar-refractivity contribution is -0.717. The number of aromatic nitrogens is 2.